The highest BCUT2D eigenvalue weighted by Gasteiger charge is 2.24. The lowest BCUT2D eigenvalue weighted by Gasteiger charge is -2.33. The Hall–Kier alpha value is -0.860. The van der Waals surface area contributed by atoms with Gasteiger partial charge in [0.05, 0.1) is 6.10 Å². The summed E-state index contributed by atoms with van der Waals surface area (Å²) in [5, 5.41) is 3.72. The van der Waals surface area contributed by atoms with Crippen LogP contribution in [0.4, 0.5) is 0 Å². The van der Waals surface area contributed by atoms with Crippen LogP contribution in [-0.4, -0.2) is 25.3 Å². The lowest BCUT2D eigenvalue weighted by atomic mass is 9.94. The summed E-state index contributed by atoms with van der Waals surface area (Å²) in [6, 6.07) is 11.4. The standard InChI is InChI=1S/C17H27NO/c1-13(2)17-11-16(9-10-19-17)18-12-14(3)15-7-5-4-6-8-15/h4-8,13-14,16-18H,9-12H2,1-3H3. The van der Waals surface area contributed by atoms with Crippen molar-refractivity contribution in [3.8, 4) is 0 Å². The largest absolute Gasteiger partial charge is 0.378 e. The van der Waals surface area contributed by atoms with E-state index in [0.717, 1.165) is 26.0 Å². The molecule has 2 rings (SSSR count). The maximum absolute atomic E-state index is 5.82. The van der Waals surface area contributed by atoms with Gasteiger partial charge in [-0.05, 0) is 30.2 Å². The summed E-state index contributed by atoms with van der Waals surface area (Å²) in [6.07, 6.45) is 2.72. The molecule has 0 bridgehead atoms. The van der Waals surface area contributed by atoms with Crippen molar-refractivity contribution in [2.24, 2.45) is 5.92 Å². The van der Waals surface area contributed by atoms with Crippen LogP contribution in [0.15, 0.2) is 30.3 Å². The van der Waals surface area contributed by atoms with Gasteiger partial charge in [-0.15, -0.1) is 0 Å². The van der Waals surface area contributed by atoms with E-state index < -0.39 is 0 Å². The van der Waals surface area contributed by atoms with E-state index in [1.165, 1.54) is 5.56 Å². The van der Waals surface area contributed by atoms with E-state index in [1.54, 1.807) is 0 Å². The first-order chi connectivity index (χ1) is 9.16. The molecule has 2 heteroatoms. The predicted molar refractivity (Wildman–Crippen MR) is 80.5 cm³/mol. The Kier molecular flexibility index (Phi) is 5.41. The van der Waals surface area contributed by atoms with Crippen LogP contribution in [0, 0.1) is 5.92 Å². The molecule has 0 radical (unpaired) electrons. The SMILES string of the molecule is CC(CNC1CCOC(C(C)C)C1)c1ccccc1. The Morgan fingerprint density at radius 2 is 1.95 bits per heavy atom. The molecule has 2 nitrogen and oxygen atoms in total. The van der Waals surface area contributed by atoms with Crippen molar-refractivity contribution in [3.05, 3.63) is 35.9 Å². The third-order valence-electron chi connectivity index (χ3n) is 4.14. The second kappa shape index (κ2) is 7.06. The zero-order valence-corrected chi connectivity index (χ0v) is 12.4. The van der Waals surface area contributed by atoms with Crippen LogP contribution in [-0.2, 0) is 4.74 Å². The lowest BCUT2D eigenvalue weighted by molar-refractivity contribution is -0.0244. The van der Waals surface area contributed by atoms with Crippen LogP contribution < -0.4 is 5.32 Å². The quantitative estimate of drug-likeness (QED) is 0.874. The second-order valence-electron chi connectivity index (χ2n) is 6.09. The van der Waals surface area contributed by atoms with Gasteiger partial charge in [-0.3, -0.25) is 0 Å². The highest BCUT2D eigenvalue weighted by molar-refractivity contribution is 5.19. The molecule has 0 aromatic heterocycles. The predicted octanol–water partition coefficient (Wildman–Crippen LogP) is 3.58. The van der Waals surface area contributed by atoms with Crippen molar-refractivity contribution in [2.75, 3.05) is 13.2 Å². The summed E-state index contributed by atoms with van der Waals surface area (Å²) in [7, 11) is 0. The molecule has 3 unspecified atom stereocenters. The summed E-state index contributed by atoms with van der Waals surface area (Å²) in [5.74, 6) is 1.19. The van der Waals surface area contributed by atoms with Crippen molar-refractivity contribution in [1.82, 2.24) is 5.32 Å². The molecule has 0 spiro atoms. The van der Waals surface area contributed by atoms with E-state index in [1.807, 2.05) is 0 Å². The Morgan fingerprint density at radius 3 is 2.63 bits per heavy atom. The first-order valence-corrected chi connectivity index (χ1v) is 7.56. The number of ether oxygens (including phenoxy) is 1. The monoisotopic (exact) mass is 261 g/mol. The Bertz CT molecular complexity index is 363. The Balaban J connectivity index is 1.79. The van der Waals surface area contributed by atoms with Gasteiger partial charge in [0.2, 0.25) is 0 Å². The summed E-state index contributed by atoms with van der Waals surface area (Å²) in [5.41, 5.74) is 1.42. The maximum Gasteiger partial charge on any atom is 0.0612 e. The van der Waals surface area contributed by atoms with Crippen LogP contribution >= 0.6 is 0 Å². The van der Waals surface area contributed by atoms with Gasteiger partial charge in [-0.1, -0.05) is 51.1 Å². The van der Waals surface area contributed by atoms with E-state index in [-0.39, 0.29) is 0 Å². The smallest absolute Gasteiger partial charge is 0.0612 e. The highest BCUT2D eigenvalue weighted by atomic mass is 16.5. The van der Waals surface area contributed by atoms with Crippen LogP contribution in [0.5, 0.6) is 0 Å². The first kappa shape index (κ1) is 14.5. The third-order valence-corrected chi connectivity index (χ3v) is 4.14. The van der Waals surface area contributed by atoms with Gasteiger partial charge in [0.1, 0.15) is 0 Å². The number of rotatable bonds is 5. The molecule has 106 valence electrons. The zero-order chi connectivity index (χ0) is 13.7. The average Bonchev–Trinajstić information content (AvgIpc) is 2.46. The van der Waals surface area contributed by atoms with Crippen LogP contribution in [0.1, 0.15) is 45.1 Å². The zero-order valence-electron chi connectivity index (χ0n) is 12.4. The molecule has 1 fully saturated rings. The second-order valence-corrected chi connectivity index (χ2v) is 6.09. The van der Waals surface area contributed by atoms with Crippen molar-refractivity contribution < 1.29 is 4.74 Å². The molecule has 0 amide bonds. The first-order valence-electron chi connectivity index (χ1n) is 7.56. The molecule has 0 saturated carbocycles. The molecule has 19 heavy (non-hydrogen) atoms. The number of nitrogens with one attached hydrogen (secondary N) is 1. The minimum atomic E-state index is 0.429. The van der Waals surface area contributed by atoms with Gasteiger partial charge >= 0.3 is 0 Å². The number of benzene rings is 1. The van der Waals surface area contributed by atoms with E-state index in [0.29, 0.717) is 24.0 Å². The molecule has 1 aromatic carbocycles. The fraction of sp³-hybridized carbons (Fsp3) is 0.647. The normalized spacial score (nSPS) is 25.5. The van der Waals surface area contributed by atoms with Gasteiger partial charge in [0.25, 0.3) is 0 Å². The average molecular weight is 261 g/mol. The molecule has 0 aliphatic carbocycles. The van der Waals surface area contributed by atoms with Gasteiger partial charge in [-0.25, -0.2) is 0 Å². The van der Waals surface area contributed by atoms with Gasteiger partial charge < -0.3 is 10.1 Å². The summed E-state index contributed by atoms with van der Waals surface area (Å²) < 4.78 is 5.82. The Morgan fingerprint density at radius 1 is 1.21 bits per heavy atom. The van der Waals surface area contributed by atoms with Gasteiger partial charge in [-0.2, -0.15) is 0 Å². The van der Waals surface area contributed by atoms with E-state index in [2.05, 4.69) is 56.4 Å². The molecular weight excluding hydrogens is 234 g/mol. The van der Waals surface area contributed by atoms with Crippen LogP contribution in [0.25, 0.3) is 0 Å². The lowest BCUT2D eigenvalue weighted by Crippen LogP contribution is -2.42. The molecule has 1 aromatic rings. The molecule has 1 heterocycles. The maximum atomic E-state index is 5.82. The van der Waals surface area contributed by atoms with Gasteiger partial charge in [0, 0.05) is 19.2 Å². The third kappa shape index (κ3) is 4.32. The van der Waals surface area contributed by atoms with E-state index in [9.17, 15) is 0 Å². The van der Waals surface area contributed by atoms with Crippen molar-refractivity contribution >= 4 is 0 Å². The summed E-state index contributed by atoms with van der Waals surface area (Å²) in [6.45, 7) is 8.75. The molecule has 1 aliphatic rings. The molecular formula is C17H27NO. The molecule has 3 atom stereocenters. The minimum Gasteiger partial charge on any atom is -0.378 e. The minimum absolute atomic E-state index is 0.429. The van der Waals surface area contributed by atoms with Crippen molar-refractivity contribution in [2.45, 2.75) is 51.7 Å². The fourth-order valence-electron chi connectivity index (χ4n) is 2.72. The summed E-state index contributed by atoms with van der Waals surface area (Å²) in [4.78, 5) is 0. The fourth-order valence-corrected chi connectivity index (χ4v) is 2.72. The van der Waals surface area contributed by atoms with E-state index >= 15 is 0 Å². The van der Waals surface area contributed by atoms with Crippen molar-refractivity contribution in [3.63, 3.8) is 0 Å². The number of hydrogen-bond donors (Lipinski definition) is 1. The van der Waals surface area contributed by atoms with Crippen LogP contribution in [0.3, 0.4) is 0 Å². The topological polar surface area (TPSA) is 21.3 Å². The van der Waals surface area contributed by atoms with E-state index in [4.69, 9.17) is 4.74 Å². The van der Waals surface area contributed by atoms with Crippen molar-refractivity contribution in [1.29, 1.82) is 0 Å². The molecule has 1 aliphatic heterocycles. The molecule has 1 N–H and O–H groups in total. The Labute approximate surface area is 117 Å². The highest BCUT2D eigenvalue weighted by Crippen LogP contribution is 2.21. The number of hydrogen-bond acceptors (Lipinski definition) is 2. The summed E-state index contributed by atoms with van der Waals surface area (Å²) >= 11 is 0. The van der Waals surface area contributed by atoms with Crippen LogP contribution in [0.2, 0.25) is 0 Å². The van der Waals surface area contributed by atoms with Gasteiger partial charge in [0.15, 0.2) is 0 Å². The molecule has 1 saturated heterocycles.